The van der Waals surface area contributed by atoms with Crippen LogP contribution in [0.5, 0.6) is 0 Å². The minimum Gasteiger partial charge on any atom is -0.479 e. The SMILES string of the molecule is Cc1cc(NC(=O)C(c2ccccc2)C(NC(=O)c2ccccc2)(C(=O)O)c2ccccc2)no1. The van der Waals surface area contributed by atoms with Crippen LogP contribution in [0.2, 0.25) is 0 Å². The molecule has 3 N–H and O–H groups in total. The van der Waals surface area contributed by atoms with E-state index < -0.39 is 29.2 Å². The van der Waals surface area contributed by atoms with Crippen LogP contribution >= 0.6 is 0 Å². The molecule has 0 saturated carbocycles. The number of carboxylic acids is 1. The number of benzene rings is 3. The third-order valence-corrected chi connectivity index (χ3v) is 5.62. The van der Waals surface area contributed by atoms with Crippen molar-refractivity contribution in [2.75, 3.05) is 5.32 Å². The normalized spacial score (nSPS) is 13.3. The maximum absolute atomic E-state index is 13.8. The van der Waals surface area contributed by atoms with Crippen molar-refractivity contribution in [3.05, 3.63) is 120 Å². The Morgan fingerprint density at radius 3 is 2.00 bits per heavy atom. The number of carboxylic acid groups (broad SMARTS) is 1. The van der Waals surface area contributed by atoms with Crippen molar-refractivity contribution in [2.24, 2.45) is 0 Å². The van der Waals surface area contributed by atoms with E-state index in [9.17, 15) is 19.5 Å². The summed E-state index contributed by atoms with van der Waals surface area (Å²) in [7, 11) is 0. The standard InChI is InChI=1S/C27H23N3O5/c1-18-17-22(30-35-18)28-25(32)23(19-11-5-2-6-12-19)27(26(33)34,21-15-9-4-10-16-21)29-24(31)20-13-7-3-8-14-20/h2-17,23H,1H3,(H,29,31)(H,33,34)(H,28,30,32). The number of carbonyl (C=O) groups is 3. The number of aliphatic carboxylic acids is 1. The summed E-state index contributed by atoms with van der Waals surface area (Å²) in [4.78, 5) is 40.2. The summed E-state index contributed by atoms with van der Waals surface area (Å²) >= 11 is 0. The molecular weight excluding hydrogens is 446 g/mol. The molecule has 1 aromatic heterocycles. The minimum atomic E-state index is -2.15. The van der Waals surface area contributed by atoms with Crippen LogP contribution in [0.1, 0.15) is 33.2 Å². The number of amides is 2. The first kappa shape index (κ1) is 23.4. The molecule has 0 aliphatic rings. The Morgan fingerprint density at radius 2 is 1.46 bits per heavy atom. The predicted molar refractivity (Wildman–Crippen MR) is 129 cm³/mol. The first-order chi connectivity index (χ1) is 16.9. The topological polar surface area (TPSA) is 122 Å². The number of rotatable bonds is 8. The fourth-order valence-corrected chi connectivity index (χ4v) is 4.02. The predicted octanol–water partition coefficient (Wildman–Crippen LogP) is 4.12. The lowest BCUT2D eigenvalue weighted by atomic mass is 9.73. The Hall–Kier alpha value is -4.72. The fourth-order valence-electron chi connectivity index (χ4n) is 4.02. The summed E-state index contributed by atoms with van der Waals surface area (Å²) in [5, 5.41) is 19.8. The summed E-state index contributed by atoms with van der Waals surface area (Å²) < 4.78 is 5.04. The zero-order chi connectivity index (χ0) is 24.8. The highest BCUT2D eigenvalue weighted by Gasteiger charge is 2.53. The molecule has 0 bridgehead atoms. The van der Waals surface area contributed by atoms with Gasteiger partial charge in [-0.1, -0.05) is 84.0 Å². The van der Waals surface area contributed by atoms with Gasteiger partial charge in [-0.2, -0.15) is 0 Å². The third-order valence-electron chi connectivity index (χ3n) is 5.62. The lowest BCUT2D eigenvalue weighted by Crippen LogP contribution is -2.58. The molecule has 8 nitrogen and oxygen atoms in total. The average molecular weight is 469 g/mol. The van der Waals surface area contributed by atoms with Crippen molar-refractivity contribution >= 4 is 23.6 Å². The molecule has 2 atom stereocenters. The number of carbonyl (C=O) groups excluding carboxylic acids is 2. The summed E-state index contributed by atoms with van der Waals surface area (Å²) in [6.45, 7) is 1.67. The van der Waals surface area contributed by atoms with E-state index in [0.717, 1.165) is 0 Å². The van der Waals surface area contributed by atoms with E-state index in [0.29, 0.717) is 11.3 Å². The van der Waals surface area contributed by atoms with Crippen LogP contribution in [0.25, 0.3) is 0 Å². The minimum absolute atomic E-state index is 0.134. The molecule has 1 heterocycles. The van der Waals surface area contributed by atoms with Crippen LogP contribution in [0.3, 0.4) is 0 Å². The van der Waals surface area contributed by atoms with Gasteiger partial charge in [0.25, 0.3) is 5.91 Å². The van der Waals surface area contributed by atoms with Crippen LogP contribution < -0.4 is 10.6 Å². The number of anilines is 1. The molecule has 4 rings (SSSR count). The summed E-state index contributed by atoms with van der Waals surface area (Å²) in [6.07, 6.45) is 0. The van der Waals surface area contributed by atoms with E-state index in [1.807, 2.05) is 0 Å². The van der Waals surface area contributed by atoms with Crippen LogP contribution in [-0.4, -0.2) is 28.0 Å². The molecule has 0 radical (unpaired) electrons. The molecule has 8 heteroatoms. The Morgan fingerprint density at radius 1 is 0.886 bits per heavy atom. The molecule has 0 aliphatic heterocycles. The van der Waals surface area contributed by atoms with Crippen LogP contribution in [-0.2, 0) is 15.1 Å². The van der Waals surface area contributed by atoms with E-state index in [-0.39, 0.29) is 16.9 Å². The zero-order valence-corrected chi connectivity index (χ0v) is 18.8. The van der Waals surface area contributed by atoms with Gasteiger partial charge in [-0.25, -0.2) is 4.79 Å². The van der Waals surface area contributed by atoms with Gasteiger partial charge in [0.2, 0.25) is 5.91 Å². The van der Waals surface area contributed by atoms with E-state index in [1.165, 1.54) is 6.07 Å². The van der Waals surface area contributed by atoms with Gasteiger partial charge in [0.15, 0.2) is 11.4 Å². The number of hydrogen-bond donors (Lipinski definition) is 3. The van der Waals surface area contributed by atoms with Gasteiger partial charge in [-0.15, -0.1) is 0 Å². The Kier molecular flexibility index (Phi) is 6.73. The largest absolute Gasteiger partial charge is 0.479 e. The van der Waals surface area contributed by atoms with Gasteiger partial charge in [-0.05, 0) is 30.2 Å². The van der Waals surface area contributed by atoms with E-state index >= 15 is 0 Å². The van der Waals surface area contributed by atoms with Crippen molar-refractivity contribution in [3.63, 3.8) is 0 Å². The first-order valence-electron chi connectivity index (χ1n) is 10.9. The van der Waals surface area contributed by atoms with Gasteiger partial charge in [0.05, 0.1) is 0 Å². The molecule has 0 saturated heterocycles. The quantitative estimate of drug-likeness (QED) is 0.357. The van der Waals surface area contributed by atoms with Gasteiger partial charge in [0, 0.05) is 11.6 Å². The number of hydrogen-bond acceptors (Lipinski definition) is 5. The van der Waals surface area contributed by atoms with E-state index in [2.05, 4.69) is 15.8 Å². The number of nitrogens with zero attached hydrogens (tertiary/aromatic N) is 1. The first-order valence-corrected chi connectivity index (χ1v) is 10.9. The molecule has 0 aliphatic carbocycles. The second kappa shape index (κ2) is 10.0. The molecule has 176 valence electrons. The summed E-state index contributed by atoms with van der Waals surface area (Å²) in [6, 6.07) is 26.4. The molecule has 3 aromatic carbocycles. The number of nitrogens with one attached hydrogen (secondary N) is 2. The molecule has 2 amide bonds. The summed E-state index contributed by atoms with van der Waals surface area (Å²) in [5.41, 5.74) is -1.27. The molecular formula is C27H23N3O5. The molecule has 4 aromatic rings. The monoisotopic (exact) mass is 469 g/mol. The van der Waals surface area contributed by atoms with Gasteiger partial charge in [-0.3, -0.25) is 9.59 Å². The third kappa shape index (κ3) is 4.81. The highest BCUT2D eigenvalue weighted by atomic mass is 16.5. The van der Waals surface area contributed by atoms with Crippen molar-refractivity contribution in [2.45, 2.75) is 18.4 Å². The van der Waals surface area contributed by atoms with E-state index in [4.69, 9.17) is 4.52 Å². The number of aryl methyl sites for hydroxylation is 1. The maximum atomic E-state index is 13.8. The van der Waals surface area contributed by atoms with Gasteiger partial charge in [0.1, 0.15) is 11.7 Å². The van der Waals surface area contributed by atoms with Crippen molar-refractivity contribution in [3.8, 4) is 0 Å². The van der Waals surface area contributed by atoms with E-state index in [1.54, 1.807) is 97.9 Å². The van der Waals surface area contributed by atoms with Crippen LogP contribution in [0.4, 0.5) is 5.82 Å². The Labute approximate surface area is 201 Å². The average Bonchev–Trinajstić information content (AvgIpc) is 3.29. The second-order valence-electron chi connectivity index (χ2n) is 7.96. The number of aromatic nitrogens is 1. The maximum Gasteiger partial charge on any atom is 0.335 e. The smallest absolute Gasteiger partial charge is 0.335 e. The van der Waals surface area contributed by atoms with Crippen LogP contribution in [0, 0.1) is 6.92 Å². The summed E-state index contributed by atoms with van der Waals surface area (Å²) in [5.74, 6) is -3.47. The molecule has 0 fully saturated rings. The Balaban J connectivity index is 1.90. The lowest BCUT2D eigenvalue weighted by Gasteiger charge is -2.37. The molecule has 2 unspecified atom stereocenters. The molecule has 35 heavy (non-hydrogen) atoms. The van der Waals surface area contributed by atoms with Gasteiger partial charge < -0.3 is 20.3 Å². The highest BCUT2D eigenvalue weighted by molar-refractivity contribution is 6.05. The van der Waals surface area contributed by atoms with Crippen LogP contribution in [0.15, 0.2) is 102 Å². The van der Waals surface area contributed by atoms with Crippen molar-refractivity contribution in [1.82, 2.24) is 10.5 Å². The second-order valence-corrected chi connectivity index (χ2v) is 7.96. The highest BCUT2D eigenvalue weighted by Crippen LogP contribution is 2.39. The van der Waals surface area contributed by atoms with Crippen molar-refractivity contribution in [1.29, 1.82) is 0 Å². The van der Waals surface area contributed by atoms with Gasteiger partial charge >= 0.3 is 5.97 Å². The lowest BCUT2D eigenvalue weighted by molar-refractivity contribution is -0.148. The molecule has 0 spiro atoms. The fraction of sp³-hybridized carbons (Fsp3) is 0.111. The Bertz CT molecular complexity index is 1320. The zero-order valence-electron chi connectivity index (χ0n) is 18.8. The van der Waals surface area contributed by atoms with Crippen molar-refractivity contribution < 1.29 is 24.0 Å².